The lowest BCUT2D eigenvalue weighted by Gasteiger charge is -2.05. The van der Waals surface area contributed by atoms with Gasteiger partial charge in [0, 0.05) is 60.2 Å². The lowest BCUT2D eigenvalue weighted by atomic mass is 10.1. The van der Waals surface area contributed by atoms with E-state index < -0.39 is 0 Å². The maximum Gasteiger partial charge on any atom is 0.221 e. The van der Waals surface area contributed by atoms with Crippen LogP contribution in [0, 0.1) is 0 Å². The number of aromatic nitrogens is 4. The van der Waals surface area contributed by atoms with Gasteiger partial charge in [-0.05, 0) is 35.4 Å². The smallest absolute Gasteiger partial charge is 0.221 e. The van der Waals surface area contributed by atoms with E-state index in [0.717, 1.165) is 58.2 Å². The van der Waals surface area contributed by atoms with E-state index in [2.05, 4.69) is 20.8 Å². The van der Waals surface area contributed by atoms with E-state index >= 15 is 0 Å². The number of anilines is 2. The fourth-order valence-electron chi connectivity index (χ4n) is 3.61. The number of amides is 2. The normalized spacial score (nSPS) is 10.8. The van der Waals surface area contributed by atoms with Gasteiger partial charge in [0.15, 0.2) is 0 Å². The second kappa shape index (κ2) is 12.5. The van der Waals surface area contributed by atoms with Gasteiger partial charge in [0.25, 0.3) is 0 Å². The molecule has 0 radical (unpaired) electrons. The molecule has 0 bridgehead atoms. The van der Waals surface area contributed by atoms with E-state index in [1.165, 1.54) is 13.8 Å². The third-order valence-electron chi connectivity index (χ3n) is 5.19. The van der Waals surface area contributed by atoms with Crippen LogP contribution < -0.4 is 10.6 Å². The highest BCUT2D eigenvalue weighted by Gasteiger charge is 2.06. The molecule has 0 aliphatic carbocycles. The predicted molar refractivity (Wildman–Crippen MR) is 149 cm³/mol. The molecule has 2 amide bonds. The van der Waals surface area contributed by atoms with Crippen LogP contribution in [0.3, 0.4) is 0 Å². The van der Waals surface area contributed by atoms with Crippen LogP contribution in [0.5, 0.6) is 0 Å². The van der Waals surface area contributed by atoms with Crippen molar-refractivity contribution < 1.29 is 9.59 Å². The Morgan fingerprint density at radius 1 is 0.722 bits per heavy atom. The Morgan fingerprint density at radius 2 is 1.17 bits per heavy atom. The van der Waals surface area contributed by atoms with Crippen LogP contribution in [0.1, 0.15) is 13.8 Å². The summed E-state index contributed by atoms with van der Waals surface area (Å²) in [6, 6.07) is 15.5. The Bertz CT molecular complexity index is 1230. The minimum atomic E-state index is -0.0844. The van der Waals surface area contributed by atoms with Gasteiger partial charge >= 0.3 is 0 Å². The van der Waals surface area contributed by atoms with Crippen molar-refractivity contribution in [3.8, 4) is 22.3 Å². The van der Waals surface area contributed by atoms with Crippen molar-refractivity contribution in [3.05, 3.63) is 73.3 Å². The maximum atomic E-state index is 11.3. The molecule has 8 nitrogen and oxygen atoms in total. The minimum Gasteiger partial charge on any atom is -0.326 e. The summed E-state index contributed by atoms with van der Waals surface area (Å²) >= 11 is 0. The zero-order valence-electron chi connectivity index (χ0n) is 20.2. The van der Waals surface area contributed by atoms with Crippen molar-refractivity contribution in [1.29, 1.82) is 0 Å². The number of aryl methyl sites for hydroxylation is 2. The number of benzene rings is 2. The van der Waals surface area contributed by atoms with E-state index in [1.54, 1.807) is 0 Å². The molecule has 0 atom stereocenters. The average Bonchev–Trinajstić information content (AvgIpc) is 3.51. The monoisotopic (exact) mass is 520 g/mol. The van der Waals surface area contributed by atoms with Gasteiger partial charge in [0.1, 0.15) is 0 Å². The van der Waals surface area contributed by atoms with Gasteiger partial charge in [0.05, 0.1) is 25.5 Å². The summed E-state index contributed by atoms with van der Waals surface area (Å²) in [5, 5.41) is 14.6. The van der Waals surface area contributed by atoms with Gasteiger partial charge in [-0.3, -0.25) is 19.0 Å². The first-order chi connectivity index (χ1) is 17.5. The lowest BCUT2D eigenvalue weighted by molar-refractivity contribution is -0.115. The van der Waals surface area contributed by atoms with Crippen LogP contribution in [0.2, 0.25) is 0 Å². The number of carbonyl (C=O) groups is 2. The van der Waals surface area contributed by atoms with Crippen LogP contribution in [0.25, 0.3) is 22.3 Å². The van der Waals surface area contributed by atoms with Gasteiger partial charge in [-0.15, -0.1) is 0 Å². The molecule has 10 heteroatoms. The molecule has 0 saturated heterocycles. The van der Waals surface area contributed by atoms with Gasteiger partial charge < -0.3 is 10.6 Å². The Hall–Kier alpha value is -3.50. The molecule has 4 aromatic rings. The summed E-state index contributed by atoms with van der Waals surface area (Å²) in [6.07, 6.45) is 7.77. The molecule has 0 saturated carbocycles. The highest BCUT2D eigenvalue weighted by Crippen LogP contribution is 2.25. The van der Waals surface area contributed by atoms with E-state index in [4.69, 9.17) is 0 Å². The summed E-state index contributed by atoms with van der Waals surface area (Å²) in [5.74, 6) is 1.72. The summed E-state index contributed by atoms with van der Waals surface area (Å²) in [6.45, 7) is 4.64. The molecule has 4 rings (SSSR count). The van der Waals surface area contributed by atoms with Crippen molar-refractivity contribution >= 4 is 44.8 Å². The number of hydrogen-bond acceptors (Lipinski definition) is 6. The SMILES string of the molecule is CC(=O)Nc1cccc(-c2cnn(CCSSCCn3cc(-c4cccc(NC(C)=O)c4)cn3)c2)c1. The quantitative estimate of drug-likeness (QED) is 0.203. The molecule has 2 N–H and O–H groups in total. The molecule has 0 spiro atoms. The van der Waals surface area contributed by atoms with Crippen LogP contribution in [0.15, 0.2) is 73.3 Å². The first-order valence-corrected chi connectivity index (χ1v) is 14.0. The fourth-order valence-corrected chi connectivity index (χ4v) is 5.52. The molecule has 0 unspecified atom stereocenters. The molecule has 0 aliphatic rings. The average molecular weight is 521 g/mol. The zero-order valence-corrected chi connectivity index (χ0v) is 21.8. The van der Waals surface area contributed by atoms with Gasteiger partial charge in [-0.2, -0.15) is 10.2 Å². The van der Waals surface area contributed by atoms with Crippen LogP contribution >= 0.6 is 21.6 Å². The highest BCUT2D eigenvalue weighted by molar-refractivity contribution is 8.76. The van der Waals surface area contributed by atoms with Gasteiger partial charge in [0.2, 0.25) is 11.8 Å². The van der Waals surface area contributed by atoms with Crippen LogP contribution in [-0.4, -0.2) is 42.9 Å². The number of rotatable bonds is 11. The van der Waals surface area contributed by atoms with Crippen LogP contribution in [0.4, 0.5) is 11.4 Å². The molecule has 0 fully saturated rings. The third kappa shape index (κ3) is 7.50. The van der Waals surface area contributed by atoms with Gasteiger partial charge in [-0.25, -0.2) is 0 Å². The standard InChI is InChI=1S/C26H28N6O2S2/c1-19(33)29-25-7-3-5-21(13-25)23-15-27-31(17-23)9-11-35-36-12-10-32-18-24(16-28-32)22-6-4-8-26(14-22)30-20(2)34/h3-8,13-18H,9-12H2,1-2H3,(H,29,33)(H,30,34). The fraction of sp³-hybridized carbons (Fsp3) is 0.231. The topological polar surface area (TPSA) is 93.8 Å². The third-order valence-corrected chi connectivity index (χ3v) is 7.55. The van der Waals surface area contributed by atoms with Crippen LogP contribution in [-0.2, 0) is 22.7 Å². The first-order valence-electron chi connectivity index (χ1n) is 11.5. The Kier molecular flexibility index (Phi) is 8.85. The second-order valence-corrected chi connectivity index (χ2v) is 10.9. The number of carbonyl (C=O) groups excluding carboxylic acids is 2. The van der Waals surface area contributed by atoms with E-state index in [-0.39, 0.29) is 11.8 Å². The molecule has 2 aromatic carbocycles. The lowest BCUT2D eigenvalue weighted by Crippen LogP contribution is -2.05. The number of nitrogens with zero attached hydrogens (tertiary/aromatic N) is 4. The summed E-state index contributed by atoms with van der Waals surface area (Å²) in [4.78, 5) is 22.6. The molecular weight excluding hydrogens is 492 g/mol. The Labute approximate surface area is 218 Å². The molecule has 36 heavy (non-hydrogen) atoms. The molecule has 2 heterocycles. The van der Waals surface area contributed by atoms with Crippen molar-refractivity contribution in [2.24, 2.45) is 0 Å². The molecule has 186 valence electrons. The van der Waals surface area contributed by atoms with Crippen molar-refractivity contribution in [2.75, 3.05) is 22.1 Å². The van der Waals surface area contributed by atoms with Crippen molar-refractivity contribution in [3.63, 3.8) is 0 Å². The van der Waals surface area contributed by atoms with Crippen molar-refractivity contribution in [2.45, 2.75) is 26.9 Å². The van der Waals surface area contributed by atoms with E-state index in [0.29, 0.717) is 0 Å². The highest BCUT2D eigenvalue weighted by atomic mass is 33.1. The summed E-state index contributed by atoms with van der Waals surface area (Å²) in [7, 11) is 3.64. The maximum absolute atomic E-state index is 11.3. The van der Waals surface area contributed by atoms with E-state index in [1.807, 2.05) is 104 Å². The minimum absolute atomic E-state index is 0.0844. The largest absolute Gasteiger partial charge is 0.326 e. The molecule has 2 aromatic heterocycles. The first kappa shape index (κ1) is 25.6. The number of nitrogens with one attached hydrogen (secondary N) is 2. The second-order valence-electron chi connectivity index (χ2n) is 8.15. The van der Waals surface area contributed by atoms with Crippen molar-refractivity contribution in [1.82, 2.24) is 19.6 Å². The predicted octanol–water partition coefficient (Wildman–Crippen LogP) is 5.41. The molecule has 0 aliphatic heterocycles. The zero-order chi connectivity index (χ0) is 25.3. The summed E-state index contributed by atoms with van der Waals surface area (Å²) in [5.41, 5.74) is 5.66. The molecular formula is C26H28N6O2S2. The van der Waals surface area contributed by atoms with Gasteiger partial charge in [-0.1, -0.05) is 45.9 Å². The Morgan fingerprint density at radius 3 is 1.58 bits per heavy atom. The number of hydrogen-bond donors (Lipinski definition) is 2. The summed E-state index contributed by atoms with van der Waals surface area (Å²) < 4.78 is 3.89. The Balaban J connectivity index is 1.19. The van der Waals surface area contributed by atoms with E-state index in [9.17, 15) is 9.59 Å².